The third kappa shape index (κ3) is 7.35. The molecule has 0 fully saturated rings. The molecule has 2 heteroatoms. The van der Waals surface area contributed by atoms with Crippen molar-refractivity contribution >= 4 is 31.9 Å². The molecule has 72 valence electrons. The Balaban J connectivity index is 3.52. The van der Waals surface area contributed by atoms with E-state index in [0.29, 0.717) is 9.65 Å². The predicted molar refractivity (Wildman–Crippen MR) is 64.4 cm³/mol. The van der Waals surface area contributed by atoms with Gasteiger partial charge in [0.15, 0.2) is 0 Å². The highest BCUT2D eigenvalue weighted by molar-refractivity contribution is 9.10. The summed E-state index contributed by atoms with van der Waals surface area (Å²) in [7, 11) is 0. The molecule has 2 unspecified atom stereocenters. The van der Waals surface area contributed by atoms with Gasteiger partial charge in [0.2, 0.25) is 0 Å². The van der Waals surface area contributed by atoms with Gasteiger partial charge < -0.3 is 0 Å². The molecule has 0 aromatic rings. The van der Waals surface area contributed by atoms with Crippen LogP contribution >= 0.6 is 31.9 Å². The third-order valence-electron chi connectivity index (χ3n) is 1.75. The standard InChI is InChI=1S/C10H18Br2/c1-3-5-6-10(12)8-7-9(11)4-2/h7-10H,3-6H2,1-2H3/b8-7+. The van der Waals surface area contributed by atoms with E-state index in [1.54, 1.807) is 0 Å². The van der Waals surface area contributed by atoms with Crippen LogP contribution in [0.5, 0.6) is 0 Å². The maximum Gasteiger partial charge on any atom is 0.0325 e. The highest BCUT2D eigenvalue weighted by atomic mass is 79.9. The van der Waals surface area contributed by atoms with Crippen molar-refractivity contribution in [3.8, 4) is 0 Å². The van der Waals surface area contributed by atoms with Crippen LogP contribution in [0.4, 0.5) is 0 Å². The lowest BCUT2D eigenvalue weighted by Crippen LogP contribution is -1.95. The molecule has 0 saturated heterocycles. The third-order valence-corrected chi connectivity index (χ3v) is 3.47. The van der Waals surface area contributed by atoms with Crippen LogP contribution in [0.2, 0.25) is 0 Å². The summed E-state index contributed by atoms with van der Waals surface area (Å²) < 4.78 is 0. The van der Waals surface area contributed by atoms with Gasteiger partial charge in [0.05, 0.1) is 0 Å². The van der Waals surface area contributed by atoms with Crippen molar-refractivity contribution in [2.24, 2.45) is 0 Å². The van der Waals surface area contributed by atoms with E-state index in [0.717, 1.165) is 6.42 Å². The molecule has 0 aliphatic heterocycles. The first-order valence-corrected chi connectivity index (χ1v) is 6.50. The summed E-state index contributed by atoms with van der Waals surface area (Å²) in [4.78, 5) is 1.10. The smallest absolute Gasteiger partial charge is 0.0325 e. The molecule has 0 spiro atoms. The fraction of sp³-hybridized carbons (Fsp3) is 0.800. The summed E-state index contributed by atoms with van der Waals surface area (Å²) in [5.74, 6) is 0. The second kappa shape index (κ2) is 8.31. The van der Waals surface area contributed by atoms with Crippen LogP contribution in [0.25, 0.3) is 0 Å². The molecule has 0 rings (SSSR count). The van der Waals surface area contributed by atoms with E-state index in [9.17, 15) is 0 Å². The van der Waals surface area contributed by atoms with Gasteiger partial charge in [-0.05, 0) is 12.8 Å². The van der Waals surface area contributed by atoms with Crippen molar-refractivity contribution in [2.45, 2.75) is 49.2 Å². The Bertz CT molecular complexity index is 121. The normalized spacial score (nSPS) is 16.7. The van der Waals surface area contributed by atoms with Crippen molar-refractivity contribution in [1.82, 2.24) is 0 Å². The van der Waals surface area contributed by atoms with Crippen LogP contribution in [0.3, 0.4) is 0 Å². The summed E-state index contributed by atoms with van der Waals surface area (Å²) in [6.07, 6.45) is 9.47. The Morgan fingerprint density at radius 3 is 2.17 bits per heavy atom. The molecule has 0 bridgehead atoms. The number of hydrogen-bond acceptors (Lipinski definition) is 0. The predicted octanol–water partition coefficient (Wildman–Crippen LogP) is 4.67. The van der Waals surface area contributed by atoms with Crippen LogP contribution in [0.1, 0.15) is 39.5 Å². The molecule has 0 aromatic heterocycles. The van der Waals surface area contributed by atoms with Gasteiger partial charge >= 0.3 is 0 Å². The number of rotatable bonds is 6. The Hall–Kier alpha value is 0.700. The fourth-order valence-corrected chi connectivity index (χ4v) is 1.55. The monoisotopic (exact) mass is 296 g/mol. The first-order chi connectivity index (χ1) is 5.70. The van der Waals surface area contributed by atoms with Crippen LogP contribution < -0.4 is 0 Å². The average Bonchev–Trinajstić information content (AvgIpc) is 2.10. The minimum Gasteiger partial charge on any atom is -0.0846 e. The lowest BCUT2D eigenvalue weighted by atomic mass is 10.2. The lowest BCUT2D eigenvalue weighted by Gasteiger charge is -2.03. The van der Waals surface area contributed by atoms with Gasteiger partial charge in [0, 0.05) is 9.65 Å². The molecule has 0 nitrogen and oxygen atoms in total. The molecule has 0 amide bonds. The number of halogens is 2. The van der Waals surface area contributed by atoms with E-state index in [1.165, 1.54) is 19.3 Å². The van der Waals surface area contributed by atoms with Crippen LogP contribution in [0, 0.1) is 0 Å². The maximum absolute atomic E-state index is 3.63. The second-order valence-electron chi connectivity index (χ2n) is 2.97. The first-order valence-electron chi connectivity index (χ1n) is 4.67. The largest absolute Gasteiger partial charge is 0.0846 e. The molecule has 0 aliphatic rings. The highest BCUT2D eigenvalue weighted by Crippen LogP contribution is 2.13. The zero-order valence-corrected chi connectivity index (χ0v) is 11.1. The highest BCUT2D eigenvalue weighted by Gasteiger charge is 1.99. The van der Waals surface area contributed by atoms with Crippen LogP contribution in [-0.4, -0.2) is 9.65 Å². The molecule has 0 radical (unpaired) electrons. The Kier molecular flexibility index (Phi) is 8.79. The van der Waals surface area contributed by atoms with Crippen molar-refractivity contribution in [2.75, 3.05) is 0 Å². The van der Waals surface area contributed by atoms with Crippen molar-refractivity contribution < 1.29 is 0 Å². The summed E-state index contributed by atoms with van der Waals surface area (Å²) in [5.41, 5.74) is 0. The van der Waals surface area contributed by atoms with Gasteiger partial charge in [-0.15, -0.1) is 0 Å². The summed E-state index contributed by atoms with van der Waals surface area (Å²) in [6.45, 7) is 4.40. The Morgan fingerprint density at radius 1 is 1.08 bits per heavy atom. The average molecular weight is 298 g/mol. The number of allylic oxidation sites excluding steroid dienone is 2. The van der Waals surface area contributed by atoms with Gasteiger partial charge in [0.1, 0.15) is 0 Å². The minimum absolute atomic E-state index is 0.541. The molecule has 0 N–H and O–H groups in total. The van der Waals surface area contributed by atoms with Crippen LogP contribution in [0.15, 0.2) is 12.2 Å². The van der Waals surface area contributed by atoms with Gasteiger partial charge in [0.25, 0.3) is 0 Å². The van der Waals surface area contributed by atoms with E-state index in [4.69, 9.17) is 0 Å². The molecule has 0 saturated carbocycles. The SMILES string of the molecule is CCCCC(Br)/C=C/C(Br)CC. The zero-order valence-electron chi connectivity index (χ0n) is 7.89. The first kappa shape index (κ1) is 12.7. The van der Waals surface area contributed by atoms with E-state index >= 15 is 0 Å². The summed E-state index contributed by atoms with van der Waals surface area (Å²) in [6, 6.07) is 0. The topological polar surface area (TPSA) is 0 Å². The van der Waals surface area contributed by atoms with Crippen molar-refractivity contribution in [1.29, 1.82) is 0 Å². The molecule has 12 heavy (non-hydrogen) atoms. The quantitative estimate of drug-likeness (QED) is 0.494. The van der Waals surface area contributed by atoms with Gasteiger partial charge in [-0.1, -0.05) is 70.7 Å². The number of unbranched alkanes of at least 4 members (excludes halogenated alkanes) is 1. The zero-order chi connectivity index (χ0) is 9.40. The van der Waals surface area contributed by atoms with E-state index < -0.39 is 0 Å². The number of alkyl halides is 2. The van der Waals surface area contributed by atoms with E-state index in [2.05, 4.69) is 57.9 Å². The van der Waals surface area contributed by atoms with Crippen LogP contribution in [-0.2, 0) is 0 Å². The number of hydrogen-bond donors (Lipinski definition) is 0. The molecule has 0 aliphatic carbocycles. The Labute approximate surface area is 93.1 Å². The summed E-state index contributed by atoms with van der Waals surface area (Å²) in [5, 5.41) is 0. The molecule has 2 atom stereocenters. The van der Waals surface area contributed by atoms with Gasteiger partial charge in [-0.25, -0.2) is 0 Å². The lowest BCUT2D eigenvalue weighted by molar-refractivity contribution is 0.742. The second-order valence-corrected chi connectivity index (χ2v) is 5.32. The van der Waals surface area contributed by atoms with Crippen molar-refractivity contribution in [3.05, 3.63) is 12.2 Å². The van der Waals surface area contributed by atoms with Gasteiger partial charge in [-0.3, -0.25) is 0 Å². The van der Waals surface area contributed by atoms with Crippen molar-refractivity contribution in [3.63, 3.8) is 0 Å². The minimum atomic E-state index is 0.541. The van der Waals surface area contributed by atoms with E-state index in [1.807, 2.05) is 0 Å². The fourth-order valence-electron chi connectivity index (χ4n) is 0.873. The Morgan fingerprint density at radius 2 is 1.67 bits per heavy atom. The molecule has 0 aromatic carbocycles. The van der Waals surface area contributed by atoms with E-state index in [-0.39, 0.29) is 0 Å². The molecular weight excluding hydrogens is 280 g/mol. The molecular formula is C10H18Br2. The van der Waals surface area contributed by atoms with Gasteiger partial charge in [-0.2, -0.15) is 0 Å². The molecule has 0 heterocycles. The summed E-state index contributed by atoms with van der Waals surface area (Å²) >= 11 is 7.19. The maximum atomic E-state index is 3.63.